The first kappa shape index (κ1) is 24.6. The zero-order valence-electron chi connectivity index (χ0n) is 17.2. The van der Waals surface area contributed by atoms with Crippen molar-refractivity contribution < 1.29 is 45.6 Å². The third-order valence-corrected chi connectivity index (χ3v) is 10.9. The van der Waals surface area contributed by atoms with Gasteiger partial charge in [0.25, 0.3) is 14.7 Å². The lowest BCUT2D eigenvalue weighted by atomic mass is 10.2. The van der Waals surface area contributed by atoms with Crippen LogP contribution in [0.4, 0.5) is 13.2 Å². The van der Waals surface area contributed by atoms with E-state index in [9.17, 15) is 27.1 Å². The van der Waals surface area contributed by atoms with Crippen molar-refractivity contribution in [1.29, 1.82) is 0 Å². The number of methoxy groups -OCH3 is 1. The quantitative estimate of drug-likeness (QED) is 0.367. The van der Waals surface area contributed by atoms with Crippen LogP contribution in [0.2, 0.25) is 10.0 Å². The van der Waals surface area contributed by atoms with Crippen molar-refractivity contribution in [3.63, 3.8) is 0 Å². The summed E-state index contributed by atoms with van der Waals surface area (Å²) in [6.07, 6.45) is -4.70. The Morgan fingerprint density at radius 1 is 0.909 bits per heavy atom. The van der Waals surface area contributed by atoms with E-state index in [0.29, 0.717) is 12.1 Å². The van der Waals surface area contributed by atoms with Gasteiger partial charge in [-0.25, -0.2) is 4.79 Å². The molecule has 178 valence electrons. The Balaban J connectivity index is 1.93. The SMILES string of the molecule is CCOP1(=O)c2c(Oc3c(Cl)cc(C(F)(F)F)cc3Cl)c1c1c(c2C(=O)OC)P1(=O)OCC. The number of rotatable bonds is 7. The van der Waals surface area contributed by atoms with Gasteiger partial charge < -0.3 is 18.5 Å². The van der Waals surface area contributed by atoms with Crippen molar-refractivity contribution in [1.82, 2.24) is 0 Å². The number of ether oxygens (including phenoxy) is 2. The molecule has 0 saturated heterocycles. The Hall–Kier alpha value is -1.54. The summed E-state index contributed by atoms with van der Waals surface area (Å²) in [4.78, 5) is 12.6. The summed E-state index contributed by atoms with van der Waals surface area (Å²) in [5, 5.41) is -1.12. The summed E-state index contributed by atoms with van der Waals surface area (Å²) in [6, 6.07) is 1.24. The van der Waals surface area contributed by atoms with E-state index in [0.717, 1.165) is 7.11 Å². The molecule has 2 aromatic carbocycles. The van der Waals surface area contributed by atoms with Gasteiger partial charge in [-0.1, -0.05) is 23.2 Å². The Kier molecular flexibility index (Phi) is 5.96. The second-order valence-electron chi connectivity index (χ2n) is 6.90. The molecule has 2 atom stereocenters. The molecule has 0 spiro atoms. The van der Waals surface area contributed by atoms with E-state index in [1.807, 2.05) is 0 Å². The molecule has 0 aromatic heterocycles. The van der Waals surface area contributed by atoms with Gasteiger partial charge in [-0.3, -0.25) is 9.13 Å². The number of halogens is 5. The summed E-state index contributed by atoms with van der Waals surface area (Å²) in [5.41, 5.74) is -1.37. The van der Waals surface area contributed by atoms with Crippen LogP contribution in [0.15, 0.2) is 12.1 Å². The minimum Gasteiger partial charge on any atom is -0.465 e. The smallest absolute Gasteiger partial charge is 0.416 e. The molecule has 33 heavy (non-hydrogen) atoms. The van der Waals surface area contributed by atoms with E-state index in [4.69, 9.17) is 41.7 Å². The first-order valence-electron chi connectivity index (χ1n) is 9.44. The highest BCUT2D eigenvalue weighted by atomic mass is 35.5. The molecule has 0 aliphatic carbocycles. The van der Waals surface area contributed by atoms with Gasteiger partial charge in [-0.05, 0) is 26.0 Å². The maximum Gasteiger partial charge on any atom is 0.416 e. The lowest BCUT2D eigenvalue weighted by Gasteiger charge is -2.32. The maximum atomic E-state index is 13.7. The van der Waals surface area contributed by atoms with Gasteiger partial charge >= 0.3 is 12.1 Å². The van der Waals surface area contributed by atoms with Crippen LogP contribution in [0, 0.1) is 0 Å². The van der Waals surface area contributed by atoms with Crippen LogP contribution in [-0.4, -0.2) is 26.3 Å². The van der Waals surface area contributed by atoms with Crippen molar-refractivity contribution in [2.24, 2.45) is 0 Å². The van der Waals surface area contributed by atoms with Crippen LogP contribution in [0.5, 0.6) is 11.5 Å². The fraction of sp³-hybridized carbons (Fsp3) is 0.316. The molecular formula is C19H15Cl2F3O7P2. The van der Waals surface area contributed by atoms with E-state index < -0.39 is 42.5 Å². The van der Waals surface area contributed by atoms with Crippen LogP contribution in [0.3, 0.4) is 0 Å². The highest BCUT2D eigenvalue weighted by Gasteiger charge is 2.67. The van der Waals surface area contributed by atoms with Crippen molar-refractivity contribution in [3.8, 4) is 11.5 Å². The average molecular weight is 545 g/mol. The van der Waals surface area contributed by atoms with Gasteiger partial charge in [0.1, 0.15) is 5.30 Å². The van der Waals surface area contributed by atoms with Crippen LogP contribution in [0.1, 0.15) is 29.8 Å². The van der Waals surface area contributed by atoms with Crippen molar-refractivity contribution in [2.75, 3.05) is 20.3 Å². The molecule has 0 amide bonds. The molecule has 0 fully saturated rings. The zero-order valence-corrected chi connectivity index (χ0v) is 20.5. The molecule has 3 aliphatic heterocycles. The minimum absolute atomic E-state index is 0.0185. The molecule has 0 N–H and O–H groups in total. The Bertz CT molecular complexity index is 1290. The highest BCUT2D eigenvalue weighted by molar-refractivity contribution is 7.90. The summed E-state index contributed by atoms with van der Waals surface area (Å²) >= 11 is 12.0. The standard InChI is InChI=1S/C19H15Cl2F3O7P2/c1-4-29-32(26)14-11(18(25)28-3)15-17(33(15,27)30-5-2)16(32)13(14)31-12-9(20)6-8(7-10(12)21)19(22,23)24/h6-7H,4-5H2,1-3H3. The van der Waals surface area contributed by atoms with Crippen LogP contribution < -0.4 is 26.0 Å². The largest absolute Gasteiger partial charge is 0.465 e. The summed E-state index contributed by atoms with van der Waals surface area (Å²) < 4.78 is 87.5. The molecule has 14 heteroatoms. The fourth-order valence-corrected chi connectivity index (χ4v) is 10.1. The third-order valence-electron chi connectivity index (χ3n) is 5.02. The van der Waals surface area contributed by atoms with Crippen LogP contribution >= 0.6 is 37.9 Å². The van der Waals surface area contributed by atoms with Gasteiger partial charge in [0.05, 0.1) is 57.4 Å². The molecule has 7 nitrogen and oxygen atoms in total. The summed E-state index contributed by atoms with van der Waals surface area (Å²) in [6.45, 7) is 3.18. The van der Waals surface area contributed by atoms with Gasteiger partial charge in [0.2, 0.25) is 0 Å². The molecule has 3 heterocycles. The minimum atomic E-state index is -4.70. The molecule has 0 radical (unpaired) electrons. The maximum absolute atomic E-state index is 13.7. The Morgan fingerprint density at radius 3 is 1.88 bits per heavy atom. The lowest BCUT2D eigenvalue weighted by Crippen LogP contribution is -2.45. The van der Waals surface area contributed by atoms with E-state index in [1.54, 1.807) is 13.8 Å². The Morgan fingerprint density at radius 2 is 1.42 bits per heavy atom. The second-order valence-corrected chi connectivity index (χ2v) is 12.2. The fourth-order valence-electron chi connectivity index (χ4n) is 3.73. The number of hydrogen-bond acceptors (Lipinski definition) is 7. The normalized spacial score (nSPS) is 22.4. The van der Waals surface area contributed by atoms with E-state index in [-0.39, 0.29) is 51.5 Å². The highest BCUT2D eigenvalue weighted by Crippen LogP contribution is 2.68. The molecule has 2 aromatic rings. The number of carbonyl (C=O) groups is 1. The van der Waals surface area contributed by atoms with Crippen molar-refractivity contribution in [2.45, 2.75) is 20.0 Å². The number of carbonyl (C=O) groups excluding carboxylic acids is 1. The van der Waals surface area contributed by atoms with E-state index >= 15 is 0 Å². The Labute approximate surface area is 196 Å². The molecule has 0 saturated carbocycles. The topological polar surface area (TPSA) is 88.1 Å². The molecule has 2 bridgehead atoms. The van der Waals surface area contributed by atoms with Gasteiger partial charge in [0, 0.05) is 0 Å². The predicted octanol–water partition coefficient (Wildman–Crippen LogP) is 4.75. The first-order valence-corrected chi connectivity index (χ1v) is 13.4. The molecule has 5 rings (SSSR count). The third kappa shape index (κ3) is 3.46. The number of hydrogen-bond donors (Lipinski definition) is 0. The first-order chi connectivity index (χ1) is 15.4. The molecule has 2 unspecified atom stereocenters. The average Bonchev–Trinajstić information content (AvgIpc) is 3.32. The van der Waals surface area contributed by atoms with Gasteiger partial charge in [-0.2, -0.15) is 13.2 Å². The van der Waals surface area contributed by atoms with Crippen molar-refractivity contribution >= 4 is 65.1 Å². The number of esters is 1. The molecular weight excluding hydrogens is 530 g/mol. The molecule has 3 aliphatic rings. The number of alkyl halides is 3. The van der Waals surface area contributed by atoms with Gasteiger partial charge in [0.15, 0.2) is 11.5 Å². The monoisotopic (exact) mass is 544 g/mol. The van der Waals surface area contributed by atoms with E-state index in [2.05, 4.69) is 0 Å². The second kappa shape index (κ2) is 8.01. The predicted molar refractivity (Wildman–Crippen MR) is 116 cm³/mol. The number of benzene rings is 2. The summed E-state index contributed by atoms with van der Waals surface area (Å²) in [7, 11) is -6.41. The van der Waals surface area contributed by atoms with Crippen LogP contribution in [0.25, 0.3) is 0 Å². The van der Waals surface area contributed by atoms with E-state index in [1.165, 1.54) is 0 Å². The van der Waals surface area contributed by atoms with Crippen molar-refractivity contribution in [3.05, 3.63) is 33.3 Å². The van der Waals surface area contributed by atoms with Gasteiger partial charge in [-0.15, -0.1) is 0 Å². The van der Waals surface area contributed by atoms with Crippen LogP contribution in [-0.2, 0) is 29.1 Å². The summed E-state index contributed by atoms with van der Waals surface area (Å²) in [5.74, 6) is -1.49. The lowest BCUT2D eigenvalue weighted by molar-refractivity contribution is -0.137. The zero-order chi connectivity index (χ0) is 24.5.